The number of aromatic nitrogens is 2. The van der Waals surface area contributed by atoms with Gasteiger partial charge in [0.25, 0.3) is 0 Å². The van der Waals surface area contributed by atoms with Gasteiger partial charge in [-0.3, -0.25) is 4.79 Å². The van der Waals surface area contributed by atoms with Gasteiger partial charge in [-0.2, -0.15) is 0 Å². The summed E-state index contributed by atoms with van der Waals surface area (Å²) in [4.78, 5) is 21.4. The fourth-order valence-electron chi connectivity index (χ4n) is 2.68. The molecule has 0 aliphatic heterocycles. The number of nitrogens with zero attached hydrogens (tertiary/aromatic N) is 2. The van der Waals surface area contributed by atoms with Gasteiger partial charge in [-0.05, 0) is 61.6 Å². The van der Waals surface area contributed by atoms with Crippen LogP contribution in [0.5, 0.6) is 0 Å². The number of thioether (sulfide) groups is 2. The van der Waals surface area contributed by atoms with Crippen LogP contribution < -0.4 is 11.1 Å². The first kappa shape index (κ1) is 23.1. The number of nitrogens with one attached hydrogen (secondary N) is 1. The van der Waals surface area contributed by atoms with Gasteiger partial charge in [-0.15, -0.1) is 11.8 Å². The molecule has 0 fully saturated rings. The Kier molecular flexibility index (Phi) is 7.24. The number of hydrogen-bond donors (Lipinski definition) is 2. The van der Waals surface area contributed by atoms with Gasteiger partial charge in [0.2, 0.25) is 15.7 Å². The second-order valence-electron chi connectivity index (χ2n) is 6.72. The average Bonchev–Trinajstić information content (AvgIpc) is 2.74. The minimum Gasteiger partial charge on any atom is -0.382 e. The molecule has 1 amide bonds. The second-order valence-corrected chi connectivity index (χ2v) is 10.5. The Morgan fingerprint density at radius 3 is 2.58 bits per heavy atom. The molecule has 7 nitrogen and oxygen atoms in total. The summed E-state index contributed by atoms with van der Waals surface area (Å²) in [7, 11) is -3.84. The van der Waals surface area contributed by atoms with Gasteiger partial charge in [0.15, 0.2) is 5.16 Å². The second kappa shape index (κ2) is 9.71. The summed E-state index contributed by atoms with van der Waals surface area (Å²) in [5, 5.41) is 3.04. The predicted molar refractivity (Wildman–Crippen MR) is 125 cm³/mol. The molecule has 0 spiro atoms. The zero-order chi connectivity index (χ0) is 22.6. The number of aryl methyl sites for hydroxylation is 2. The molecule has 1 aromatic heterocycles. The molecule has 10 heteroatoms. The molecule has 0 aliphatic rings. The fraction of sp³-hybridized carbons (Fsp3) is 0.190. The molecular formula is C21H22N4O3S3. The number of rotatable bonds is 7. The largest absolute Gasteiger partial charge is 0.382 e. The van der Waals surface area contributed by atoms with Crippen LogP contribution in [0.15, 0.2) is 68.5 Å². The van der Waals surface area contributed by atoms with Gasteiger partial charge < -0.3 is 11.1 Å². The molecule has 0 aliphatic carbocycles. The third-order valence-electron chi connectivity index (χ3n) is 4.52. The van der Waals surface area contributed by atoms with Crippen LogP contribution in [0.1, 0.15) is 11.1 Å². The molecule has 3 rings (SSSR count). The van der Waals surface area contributed by atoms with E-state index in [-0.39, 0.29) is 32.4 Å². The first-order valence-corrected chi connectivity index (χ1v) is 12.9. The van der Waals surface area contributed by atoms with Gasteiger partial charge in [-0.1, -0.05) is 23.9 Å². The fourth-order valence-corrected chi connectivity index (χ4v) is 5.11. The smallest absolute Gasteiger partial charge is 0.234 e. The van der Waals surface area contributed by atoms with Crippen molar-refractivity contribution in [1.82, 2.24) is 9.97 Å². The van der Waals surface area contributed by atoms with Gasteiger partial charge in [0.1, 0.15) is 10.7 Å². The Morgan fingerprint density at radius 2 is 1.90 bits per heavy atom. The third kappa shape index (κ3) is 5.57. The van der Waals surface area contributed by atoms with Crippen molar-refractivity contribution in [3.63, 3.8) is 0 Å². The van der Waals surface area contributed by atoms with E-state index in [1.165, 1.54) is 12.3 Å². The van der Waals surface area contributed by atoms with Crippen LogP contribution in [-0.4, -0.2) is 36.3 Å². The Morgan fingerprint density at radius 1 is 1.13 bits per heavy atom. The van der Waals surface area contributed by atoms with Crippen molar-refractivity contribution in [2.45, 2.75) is 33.7 Å². The maximum Gasteiger partial charge on any atom is 0.234 e. The lowest BCUT2D eigenvalue weighted by Gasteiger charge is -2.10. The molecule has 0 saturated carbocycles. The normalized spacial score (nSPS) is 11.3. The molecule has 0 bridgehead atoms. The number of anilines is 2. The van der Waals surface area contributed by atoms with Crippen molar-refractivity contribution in [3.05, 3.63) is 59.8 Å². The summed E-state index contributed by atoms with van der Waals surface area (Å²) in [6.45, 7) is 3.75. The summed E-state index contributed by atoms with van der Waals surface area (Å²) >= 11 is 2.66. The first-order valence-electron chi connectivity index (χ1n) is 9.22. The van der Waals surface area contributed by atoms with Crippen LogP contribution in [0, 0.1) is 13.8 Å². The topological polar surface area (TPSA) is 115 Å². The van der Waals surface area contributed by atoms with Crippen molar-refractivity contribution in [3.8, 4) is 0 Å². The lowest BCUT2D eigenvalue weighted by molar-refractivity contribution is -0.113. The van der Waals surface area contributed by atoms with Crippen molar-refractivity contribution < 1.29 is 13.2 Å². The van der Waals surface area contributed by atoms with Crippen LogP contribution in [0.4, 0.5) is 11.5 Å². The molecule has 0 radical (unpaired) electrons. The van der Waals surface area contributed by atoms with E-state index >= 15 is 0 Å². The zero-order valence-electron chi connectivity index (χ0n) is 17.2. The standard InChI is InChI=1S/C21H22N4O3S3/c1-13-7-8-17(9-14(13)2)31(27,28)18-11-23-21(25-20(18)22)30-12-19(26)24-15-5-4-6-16(10-15)29-3/h4-11H,12H2,1-3H3,(H,24,26)(H2,22,23,25). The zero-order valence-corrected chi connectivity index (χ0v) is 19.7. The van der Waals surface area contributed by atoms with Crippen molar-refractivity contribution in [1.29, 1.82) is 0 Å². The van der Waals surface area contributed by atoms with Crippen LogP contribution in [0.2, 0.25) is 0 Å². The Hall–Kier alpha value is -2.56. The maximum atomic E-state index is 12.9. The summed E-state index contributed by atoms with van der Waals surface area (Å²) in [5.41, 5.74) is 8.49. The number of nitrogens with two attached hydrogens (primary N) is 1. The highest BCUT2D eigenvalue weighted by molar-refractivity contribution is 7.99. The average molecular weight is 475 g/mol. The van der Waals surface area contributed by atoms with Gasteiger partial charge in [-0.25, -0.2) is 18.4 Å². The maximum absolute atomic E-state index is 12.9. The van der Waals surface area contributed by atoms with E-state index in [1.807, 2.05) is 44.4 Å². The molecule has 31 heavy (non-hydrogen) atoms. The van der Waals surface area contributed by atoms with E-state index in [9.17, 15) is 13.2 Å². The molecule has 162 valence electrons. The van der Waals surface area contributed by atoms with Crippen LogP contribution in [0.25, 0.3) is 0 Å². The SMILES string of the molecule is CSc1cccc(NC(=O)CSc2ncc(S(=O)(=O)c3ccc(C)c(C)c3)c(N)n2)c1. The van der Waals surface area contributed by atoms with Gasteiger partial charge in [0.05, 0.1) is 16.8 Å². The highest BCUT2D eigenvalue weighted by atomic mass is 32.2. The molecule has 0 unspecified atom stereocenters. The summed E-state index contributed by atoms with van der Waals surface area (Å²) in [5.74, 6) is -0.312. The molecule has 1 heterocycles. The molecule has 3 N–H and O–H groups in total. The quantitative estimate of drug-likeness (QED) is 0.391. The van der Waals surface area contributed by atoms with E-state index in [0.29, 0.717) is 5.69 Å². The number of carbonyl (C=O) groups is 1. The molecule has 2 aromatic carbocycles. The van der Waals surface area contributed by atoms with Crippen LogP contribution in [-0.2, 0) is 14.6 Å². The minimum absolute atomic E-state index is 0.0617. The minimum atomic E-state index is -3.84. The Bertz CT molecular complexity index is 1230. The number of nitrogen functional groups attached to an aromatic ring is 1. The number of benzene rings is 2. The van der Waals surface area contributed by atoms with Gasteiger partial charge in [0, 0.05) is 10.6 Å². The number of hydrogen-bond acceptors (Lipinski definition) is 8. The van der Waals surface area contributed by atoms with E-state index in [4.69, 9.17) is 5.73 Å². The Labute approximate surface area is 190 Å². The molecule has 0 atom stereocenters. The van der Waals surface area contributed by atoms with Crippen molar-refractivity contribution in [2.75, 3.05) is 23.1 Å². The number of sulfone groups is 1. The van der Waals surface area contributed by atoms with E-state index in [1.54, 1.807) is 23.9 Å². The predicted octanol–water partition coefficient (Wildman–Crippen LogP) is 3.96. The molecule has 0 saturated heterocycles. The van der Waals surface area contributed by atoms with Crippen molar-refractivity contribution in [2.24, 2.45) is 0 Å². The number of carbonyl (C=O) groups excluding carboxylic acids is 1. The van der Waals surface area contributed by atoms with Crippen LogP contribution >= 0.6 is 23.5 Å². The molecule has 3 aromatic rings. The lowest BCUT2D eigenvalue weighted by atomic mass is 10.1. The summed E-state index contributed by atoms with van der Waals surface area (Å²) in [6.07, 6.45) is 3.15. The third-order valence-corrected chi connectivity index (χ3v) is 7.88. The van der Waals surface area contributed by atoms with E-state index < -0.39 is 9.84 Å². The summed E-state index contributed by atoms with van der Waals surface area (Å²) in [6, 6.07) is 12.4. The van der Waals surface area contributed by atoms with Crippen molar-refractivity contribution >= 4 is 50.8 Å². The first-order chi connectivity index (χ1) is 14.7. The van der Waals surface area contributed by atoms with Crippen LogP contribution in [0.3, 0.4) is 0 Å². The van der Waals surface area contributed by atoms with Gasteiger partial charge >= 0.3 is 0 Å². The summed E-state index contributed by atoms with van der Waals surface area (Å²) < 4.78 is 25.8. The van der Waals surface area contributed by atoms with E-state index in [2.05, 4.69) is 15.3 Å². The Balaban J connectivity index is 1.70. The lowest BCUT2D eigenvalue weighted by Crippen LogP contribution is -2.14. The monoisotopic (exact) mass is 474 g/mol. The molecular weight excluding hydrogens is 452 g/mol. The number of amides is 1. The highest BCUT2D eigenvalue weighted by Gasteiger charge is 2.23. The highest BCUT2D eigenvalue weighted by Crippen LogP contribution is 2.27. The van der Waals surface area contributed by atoms with E-state index in [0.717, 1.165) is 27.8 Å².